The second-order valence-corrected chi connectivity index (χ2v) is 4.21. The molecule has 0 bridgehead atoms. The molecule has 0 radical (unpaired) electrons. The first-order valence-corrected chi connectivity index (χ1v) is 5.21. The second-order valence-electron chi connectivity index (χ2n) is 3.01. The number of nitrogens with one attached hydrogen (secondary N) is 1. The number of aliphatic imine (C=N–C) groups is 1. The van der Waals surface area contributed by atoms with Crippen LogP contribution in [0.1, 0.15) is 15.6 Å². The van der Waals surface area contributed by atoms with Gasteiger partial charge in [-0.2, -0.15) is 10.5 Å². The Labute approximate surface area is 91.4 Å². The molecule has 0 saturated heterocycles. The highest BCUT2D eigenvalue weighted by Crippen LogP contribution is 2.21. The van der Waals surface area contributed by atoms with Crippen LogP contribution in [0.4, 0.5) is 0 Å². The van der Waals surface area contributed by atoms with Crippen molar-refractivity contribution in [1.29, 1.82) is 0 Å². The molecule has 1 aromatic heterocycles. The maximum atomic E-state index is 5.22. The van der Waals surface area contributed by atoms with Gasteiger partial charge in [-0.25, -0.2) is 4.98 Å². The maximum Gasteiger partial charge on any atom is 0.267 e. The van der Waals surface area contributed by atoms with Gasteiger partial charge in [0, 0.05) is 0 Å². The van der Waals surface area contributed by atoms with Gasteiger partial charge in [-0.3, -0.25) is 0 Å². The first kappa shape index (κ1) is 9.97. The molecule has 0 atom stereocenters. The number of methoxy groups -OCH3 is 1. The Kier molecular flexibility index (Phi) is 2.59. The fourth-order valence-corrected chi connectivity index (χ4v) is 2.09. The average Bonchev–Trinajstić information content (AvgIpc) is 2.73. The first-order chi connectivity index (χ1) is 7.20. The van der Waals surface area contributed by atoms with Crippen LogP contribution in [-0.4, -0.2) is 18.0 Å². The van der Waals surface area contributed by atoms with Crippen LogP contribution in [0.5, 0.6) is 0 Å². The summed E-state index contributed by atoms with van der Waals surface area (Å²) in [5.41, 5.74) is 3.58. The molecule has 1 N–H and O–H groups in total. The molecule has 6 heteroatoms. The molecule has 80 valence electrons. The number of aromatic nitrogens is 1. The highest BCUT2D eigenvalue weighted by Gasteiger charge is 2.19. The molecule has 0 aliphatic carbocycles. The van der Waals surface area contributed by atoms with E-state index in [-0.39, 0.29) is 0 Å². The van der Waals surface area contributed by atoms with E-state index in [4.69, 9.17) is 9.57 Å². The van der Waals surface area contributed by atoms with Gasteiger partial charge in [0.2, 0.25) is 0 Å². The van der Waals surface area contributed by atoms with Gasteiger partial charge in [0.25, 0.3) is 5.90 Å². The lowest BCUT2D eigenvalue weighted by atomic mass is 10.4. The molecule has 0 aromatic carbocycles. The third kappa shape index (κ3) is 1.94. The molecule has 0 spiro atoms. The number of ether oxygens (including phenoxy) is 1. The normalized spacial score (nSPS) is 17.3. The first-order valence-electron chi connectivity index (χ1n) is 4.39. The van der Waals surface area contributed by atoms with Crippen molar-refractivity contribution in [2.45, 2.75) is 13.8 Å². The average molecular weight is 225 g/mol. The van der Waals surface area contributed by atoms with Crippen LogP contribution in [-0.2, 0) is 9.57 Å². The molecule has 2 rings (SSSR count). The van der Waals surface area contributed by atoms with Crippen molar-refractivity contribution in [3.8, 4) is 0 Å². The molecule has 0 fully saturated rings. The van der Waals surface area contributed by atoms with E-state index in [1.54, 1.807) is 18.4 Å². The number of aryl methyl sites for hydroxylation is 2. The predicted octanol–water partition coefficient (Wildman–Crippen LogP) is 1.49. The van der Waals surface area contributed by atoms with E-state index >= 15 is 0 Å². The number of rotatable bonds is 2. The summed E-state index contributed by atoms with van der Waals surface area (Å²) in [6, 6.07) is 0. The van der Waals surface area contributed by atoms with Crippen LogP contribution in [0.3, 0.4) is 0 Å². The second kappa shape index (κ2) is 3.90. The Hall–Kier alpha value is -1.56. The Morgan fingerprint density at radius 2 is 2.27 bits per heavy atom. The largest absolute Gasteiger partial charge is 0.500 e. The molecule has 0 amide bonds. The Bertz CT molecular complexity index is 437. The summed E-state index contributed by atoms with van der Waals surface area (Å²) in [5, 5.41) is 0.998. The van der Waals surface area contributed by atoms with E-state index in [0.29, 0.717) is 11.7 Å². The summed E-state index contributed by atoms with van der Waals surface area (Å²) in [4.78, 5) is 14.7. The molecule has 0 unspecified atom stereocenters. The van der Waals surface area contributed by atoms with Gasteiger partial charge in [0.15, 0.2) is 5.82 Å². The summed E-state index contributed by atoms with van der Waals surface area (Å²) < 4.78 is 4.82. The van der Waals surface area contributed by atoms with Crippen LogP contribution >= 0.6 is 11.3 Å². The summed E-state index contributed by atoms with van der Waals surface area (Å²) in [7, 11) is 1.56. The lowest BCUT2D eigenvalue weighted by Gasteiger charge is -1.96. The van der Waals surface area contributed by atoms with Gasteiger partial charge < -0.3 is 9.57 Å². The quantitative estimate of drug-likeness (QED) is 0.775. The lowest BCUT2D eigenvalue weighted by Crippen LogP contribution is -2.09. The number of nitrogens with zero attached hydrogens (tertiary/aromatic N) is 2. The minimum Gasteiger partial charge on any atom is -0.500 e. The monoisotopic (exact) mass is 225 g/mol. The van der Waals surface area contributed by atoms with Crippen LogP contribution in [0, 0.1) is 13.8 Å². The summed E-state index contributed by atoms with van der Waals surface area (Å²) in [5.74, 6) is 1.10. The zero-order valence-corrected chi connectivity index (χ0v) is 9.51. The van der Waals surface area contributed by atoms with Crippen molar-refractivity contribution < 1.29 is 9.57 Å². The molecule has 1 aliphatic heterocycles. The zero-order valence-electron chi connectivity index (χ0n) is 8.70. The van der Waals surface area contributed by atoms with E-state index in [1.165, 1.54) is 6.26 Å². The van der Waals surface area contributed by atoms with E-state index < -0.39 is 0 Å². The number of thiazole rings is 1. The van der Waals surface area contributed by atoms with Gasteiger partial charge in [-0.15, -0.1) is 11.3 Å². The van der Waals surface area contributed by atoms with Gasteiger partial charge in [0.1, 0.15) is 11.1 Å². The fourth-order valence-electron chi connectivity index (χ4n) is 1.24. The molecule has 15 heavy (non-hydrogen) atoms. The van der Waals surface area contributed by atoms with Gasteiger partial charge in [0.05, 0.1) is 17.8 Å². The van der Waals surface area contributed by atoms with Crippen molar-refractivity contribution in [2.75, 3.05) is 7.11 Å². The SMILES string of the molecule is COC=C1N=C(c2sc(C)nc2C)ON1. The van der Waals surface area contributed by atoms with Crippen molar-refractivity contribution >= 4 is 17.2 Å². The summed E-state index contributed by atoms with van der Waals surface area (Å²) >= 11 is 1.56. The molecule has 1 aliphatic rings. The lowest BCUT2D eigenvalue weighted by molar-refractivity contribution is 0.229. The van der Waals surface area contributed by atoms with Crippen molar-refractivity contribution in [2.24, 2.45) is 4.99 Å². The maximum absolute atomic E-state index is 5.22. The third-order valence-electron chi connectivity index (χ3n) is 1.80. The zero-order chi connectivity index (χ0) is 10.8. The number of hydrogen-bond donors (Lipinski definition) is 1. The molecular weight excluding hydrogens is 214 g/mol. The van der Waals surface area contributed by atoms with Crippen LogP contribution in [0.15, 0.2) is 17.1 Å². The molecular formula is C9H11N3O2S. The van der Waals surface area contributed by atoms with Crippen molar-refractivity contribution in [3.05, 3.63) is 27.7 Å². The predicted molar refractivity (Wildman–Crippen MR) is 57.4 cm³/mol. The molecule has 5 nitrogen and oxygen atoms in total. The Balaban J connectivity index is 2.30. The number of hydroxylamine groups is 1. The molecule has 2 heterocycles. The van der Waals surface area contributed by atoms with Crippen molar-refractivity contribution in [3.63, 3.8) is 0 Å². The number of hydrogen-bond acceptors (Lipinski definition) is 6. The van der Waals surface area contributed by atoms with Crippen LogP contribution in [0.2, 0.25) is 0 Å². The standard InChI is InChI=1S/C9H11N3O2S/c1-5-8(15-6(2)10-5)9-11-7(4-13-3)12-14-9/h4,12H,1-3H3. The minimum absolute atomic E-state index is 0.543. The van der Waals surface area contributed by atoms with Gasteiger partial charge >= 0.3 is 0 Å². The molecule has 0 saturated carbocycles. The van der Waals surface area contributed by atoms with E-state index in [0.717, 1.165) is 15.6 Å². The van der Waals surface area contributed by atoms with E-state index in [9.17, 15) is 0 Å². The highest BCUT2D eigenvalue weighted by molar-refractivity contribution is 7.13. The van der Waals surface area contributed by atoms with Crippen molar-refractivity contribution in [1.82, 2.24) is 10.5 Å². The van der Waals surface area contributed by atoms with E-state index in [1.807, 2.05) is 13.8 Å². The van der Waals surface area contributed by atoms with Crippen LogP contribution < -0.4 is 5.48 Å². The summed E-state index contributed by atoms with van der Waals surface area (Å²) in [6.45, 7) is 3.89. The van der Waals surface area contributed by atoms with Gasteiger partial charge in [-0.05, 0) is 13.8 Å². The topological polar surface area (TPSA) is 55.7 Å². The summed E-state index contributed by atoms with van der Waals surface area (Å²) in [6.07, 6.45) is 1.48. The van der Waals surface area contributed by atoms with Crippen LogP contribution in [0.25, 0.3) is 0 Å². The highest BCUT2D eigenvalue weighted by atomic mass is 32.1. The van der Waals surface area contributed by atoms with Gasteiger partial charge in [-0.1, -0.05) is 0 Å². The molecule has 1 aromatic rings. The fraction of sp³-hybridized carbons (Fsp3) is 0.333. The smallest absolute Gasteiger partial charge is 0.267 e. The van der Waals surface area contributed by atoms with E-state index in [2.05, 4.69) is 15.5 Å². The Morgan fingerprint density at radius 1 is 1.47 bits per heavy atom. The Morgan fingerprint density at radius 3 is 2.87 bits per heavy atom. The minimum atomic E-state index is 0.543. The third-order valence-corrected chi connectivity index (χ3v) is 2.86.